The van der Waals surface area contributed by atoms with Crippen molar-refractivity contribution in [2.45, 2.75) is 25.8 Å². The summed E-state index contributed by atoms with van der Waals surface area (Å²) in [4.78, 5) is 16.5. The number of nitrogens with zero attached hydrogens (tertiary/aromatic N) is 1. The first kappa shape index (κ1) is 24.2. The van der Waals surface area contributed by atoms with E-state index < -0.39 is 29.8 Å². The Kier molecular flexibility index (Phi) is 8.87. The van der Waals surface area contributed by atoms with Crippen molar-refractivity contribution in [3.05, 3.63) is 70.4 Å². The Morgan fingerprint density at radius 2 is 2.00 bits per heavy atom. The van der Waals surface area contributed by atoms with Gasteiger partial charge in [-0.25, -0.2) is 13.2 Å². The van der Waals surface area contributed by atoms with Crippen LogP contribution in [-0.4, -0.2) is 36.8 Å². The van der Waals surface area contributed by atoms with E-state index in [1.807, 2.05) is 0 Å². The van der Waals surface area contributed by atoms with E-state index in [1.54, 1.807) is 31.2 Å². The lowest BCUT2D eigenvalue weighted by molar-refractivity contribution is -0.144. The average Bonchev–Trinajstić information content (AvgIpc) is 2.73. The van der Waals surface area contributed by atoms with Gasteiger partial charge < -0.3 is 14.8 Å². The molecule has 0 aliphatic rings. The second-order valence-corrected chi connectivity index (χ2v) is 6.70. The number of aromatic nitrogens is 1. The summed E-state index contributed by atoms with van der Waals surface area (Å²) in [6, 6.07) is 7.80. The molecule has 0 spiro atoms. The molecule has 0 saturated heterocycles. The van der Waals surface area contributed by atoms with Gasteiger partial charge in [-0.15, -0.1) is 0 Å². The van der Waals surface area contributed by atoms with E-state index in [4.69, 9.17) is 26.5 Å². The number of pyridine rings is 1. The van der Waals surface area contributed by atoms with Gasteiger partial charge in [0.2, 0.25) is 0 Å². The molecule has 2 rings (SSSR count). The van der Waals surface area contributed by atoms with Gasteiger partial charge in [-0.05, 0) is 36.8 Å². The summed E-state index contributed by atoms with van der Waals surface area (Å²) >= 11 is 5.74. The monoisotopic (exact) mass is 455 g/mol. The summed E-state index contributed by atoms with van der Waals surface area (Å²) in [5, 5.41) is 10.4. The maximum absolute atomic E-state index is 14.6. The van der Waals surface area contributed by atoms with Gasteiger partial charge in [0.1, 0.15) is 17.5 Å². The third-order valence-corrected chi connectivity index (χ3v) is 4.35. The maximum Gasteiger partial charge on any atom is 0.321 e. The number of allylic oxidation sites excluding steroid dienone is 1. The van der Waals surface area contributed by atoms with Crippen LogP contribution in [0.15, 0.2) is 48.3 Å². The predicted octanol–water partition coefficient (Wildman–Crippen LogP) is 4.49. The van der Waals surface area contributed by atoms with Crippen LogP contribution >= 0.6 is 11.6 Å². The first-order valence-electron chi connectivity index (χ1n) is 9.19. The molecular formula is C21H21ClF3N3O3. The highest BCUT2D eigenvalue weighted by atomic mass is 35.5. The van der Waals surface area contributed by atoms with Crippen LogP contribution in [0.25, 0.3) is 0 Å². The van der Waals surface area contributed by atoms with Crippen molar-refractivity contribution >= 4 is 23.3 Å². The number of hydrogen-bond donors (Lipinski definition) is 2. The molecule has 2 aromatic rings. The average molecular weight is 456 g/mol. The Hall–Kier alpha value is -3.07. The van der Waals surface area contributed by atoms with Crippen molar-refractivity contribution in [3.63, 3.8) is 0 Å². The molecule has 0 saturated carbocycles. The Balaban J connectivity index is 2.46. The van der Waals surface area contributed by atoms with Gasteiger partial charge >= 0.3 is 5.97 Å². The number of benzene rings is 1. The molecule has 0 amide bonds. The van der Waals surface area contributed by atoms with E-state index in [9.17, 15) is 18.0 Å². The van der Waals surface area contributed by atoms with Crippen LogP contribution in [-0.2, 0) is 16.1 Å². The molecule has 0 aliphatic carbocycles. The number of carbonyl (C=O) groups is 1. The van der Waals surface area contributed by atoms with Crippen LogP contribution in [0.4, 0.5) is 13.2 Å². The smallest absolute Gasteiger partial charge is 0.321 e. The standard InChI is InChI=1S/C21H21ClF3N3O3/c1-3-31-21(29)18(19-15(23)8-13(22)11-28-19)17(9-16(26)20(24)25)27-10-12-4-6-14(30-2)7-5-12/h4-9,11,18,20,26-27H,3,10H2,1-2H3/b17-9-,26-16?. The Morgan fingerprint density at radius 1 is 1.32 bits per heavy atom. The van der Waals surface area contributed by atoms with Crippen LogP contribution in [0, 0.1) is 11.2 Å². The largest absolute Gasteiger partial charge is 0.497 e. The minimum atomic E-state index is -3.09. The van der Waals surface area contributed by atoms with Crippen LogP contribution < -0.4 is 10.1 Å². The molecular weight excluding hydrogens is 435 g/mol. The number of rotatable bonds is 10. The first-order chi connectivity index (χ1) is 14.8. The summed E-state index contributed by atoms with van der Waals surface area (Å²) in [6.07, 6.45) is -1.18. The molecule has 0 fully saturated rings. The molecule has 0 aliphatic heterocycles. The molecule has 10 heteroatoms. The van der Waals surface area contributed by atoms with Gasteiger partial charge in [0, 0.05) is 18.4 Å². The SMILES string of the molecule is CCOC(=O)C(/C(=C/C(=N)C(F)F)NCc1ccc(OC)cc1)c1ncc(Cl)cc1F. The molecule has 1 aromatic carbocycles. The third-order valence-electron chi connectivity index (χ3n) is 4.14. The minimum Gasteiger partial charge on any atom is -0.497 e. The lowest BCUT2D eigenvalue weighted by Crippen LogP contribution is -2.29. The number of alkyl halides is 2. The molecule has 0 radical (unpaired) electrons. The molecule has 2 N–H and O–H groups in total. The van der Waals surface area contributed by atoms with Gasteiger partial charge in [0.15, 0.2) is 0 Å². The van der Waals surface area contributed by atoms with Crippen molar-refractivity contribution in [3.8, 4) is 5.75 Å². The van der Waals surface area contributed by atoms with Crippen LogP contribution in [0.1, 0.15) is 24.1 Å². The molecule has 1 heterocycles. The molecule has 1 aromatic heterocycles. The van der Waals surface area contributed by atoms with E-state index in [2.05, 4.69) is 10.3 Å². The summed E-state index contributed by atoms with van der Waals surface area (Å²) in [6.45, 7) is 1.62. The molecule has 6 nitrogen and oxygen atoms in total. The quantitative estimate of drug-likeness (QED) is 0.407. The summed E-state index contributed by atoms with van der Waals surface area (Å²) in [5.41, 5.74) is -0.852. The van der Waals surface area contributed by atoms with Gasteiger partial charge in [0.25, 0.3) is 6.43 Å². The van der Waals surface area contributed by atoms with Gasteiger partial charge in [-0.2, -0.15) is 0 Å². The zero-order valence-corrected chi connectivity index (χ0v) is 17.6. The van der Waals surface area contributed by atoms with E-state index in [-0.39, 0.29) is 29.6 Å². The number of methoxy groups -OCH3 is 1. The van der Waals surface area contributed by atoms with Crippen LogP contribution in [0.5, 0.6) is 5.75 Å². The fourth-order valence-electron chi connectivity index (χ4n) is 2.66. The predicted molar refractivity (Wildman–Crippen MR) is 110 cm³/mol. The zero-order chi connectivity index (χ0) is 23.0. The number of halogens is 4. The normalized spacial score (nSPS) is 12.4. The van der Waals surface area contributed by atoms with Gasteiger partial charge in [-0.3, -0.25) is 15.2 Å². The molecule has 166 valence electrons. The molecule has 0 bridgehead atoms. The number of ether oxygens (including phenoxy) is 2. The fraction of sp³-hybridized carbons (Fsp3) is 0.286. The third kappa shape index (κ3) is 6.71. The number of carbonyl (C=O) groups excluding carboxylic acids is 1. The van der Waals surface area contributed by atoms with Crippen molar-refractivity contribution in [2.24, 2.45) is 0 Å². The Labute approximate surface area is 182 Å². The summed E-state index contributed by atoms with van der Waals surface area (Å²) in [7, 11) is 1.52. The van der Waals surface area contributed by atoms with E-state index in [0.29, 0.717) is 5.75 Å². The van der Waals surface area contributed by atoms with Crippen molar-refractivity contribution in [2.75, 3.05) is 13.7 Å². The number of hydrogen-bond acceptors (Lipinski definition) is 6. The summed E-state index contributed by atoms with van der Waals surface area (Å²) < 4.78 is 50.8. The van der Waals surface area contributed by atoms with Crippen molar-refractivity contribution in [1.82, 2.24) is 10.3 Å². The lowest BCUT2D eigenvalue weighted by atomic mass is 9.98. The first-order valence-corrected chi connectivity index (χ1v) is 9.57. The maximum atomic E-state index is 14.6. The summed E-state index contributed by atoms with van der Waals surface area (Å²) in [5.74, 6) is -2.71. The minimum absolute atomic E-state index is 0.000837. The molecule has 31 heavy (non-hydrogen) atoms. The van der Waals surface area contributed by atoms with Gasteiger partial charge in [0.05, 0.1) is 30.1 Å². The second-order valence-electron chi connectivity index (χ2n) is 6.26. The van der Waals surface area contributed by atoms with E-state index in [0.717, 1.165) is 23.9 Å². The van der Waals surface area contributed by atoms with Gasteiger partial charge in [-0.1, -0.05) is 23.7 Å². The molecule has 1 atom stereocenters. The van der Waals surface area contributed by atoms with E-state index in [1.165, 1.54) is 7.11 Å². The highest BCUT2D eigenvalue weighted by Crippen LogP contribution is 2.27. The van der Waals surface area contributed by atoms with Crippen molar-refractivity contribution in [1.29, 1.82) is 5.41 Å². The van der Waals surface area contributed by atoms with Crippen molar-refractivity contribution < 1.29 is 27.4 Å². The van der Waals surface area contributed by atoms with E-state index >= 15 is 0 Å². The lowest BCUT2D eigenvalue weighted by Gasteiger charge is -2.21. The number of esters is 1. The topological polar surface area (TPSA) is 84.3 Å². The Morgan fingerprint density at radius 3 is 2.55 bits per heavy atom. The van der Waals surface area contributed by atoms with Crippen LogP contribution in [0.2, 0.25) is 5.02 Å². The number of nitrogens with one attached hydrogen (secondary N) is 2. The molecule has 1 unspecified atom stereocenters. The highest BCUT2D eigenvalue weighted by Gasteiger charge is 2.31. The zero-order valence-electron chi connectivity index (χ0n) is 16.8. The fourth-order valence-corrected chi connectivity index (χ4v) is 2.81. The Bertz CT molecular complexity index is 953. The second kappa shape index (κ2) is 11.4. The highest BCUT2D eigenvalue weighted by molar-refractivity contribution is 6.30. The van der Waals surface area contributed by atoms with Crippen LogP contribution in [0.3, 0.4) is 0 Å².